The average Bonchev–Trinajstić information content (AvgIpc) is 2.57. The lowest BCUT2D eigenvalue weighted by Gasteiger charge is -2.22. The fourth-order valence-corrected chi connectivity index (χ4v) is 3.08. The largest absolute Gasteiger partial charge is 0.309 e. The Labute approximate surface area is 142 Å². The Morgan fingerprint density at radius 1 is 1.04 bits per heavy atom. The van der Waals surface area contributed by atoms with Crippen LogP contribution < -0.4 is 10.9 Å². The molecule has 2 N–H and O–H groups in total. The van der Waals surface area contributed by atoms with Gasteiger partial charge in [0.25, 0.3) is 5.56 Å². The summed E-state index contributed by atoms with van der Waals surface area (Å²) in [7, 11) is 0. The molecule has 0 fully saturated rings. The van der Waals surface area contributed by atoms with E-state index in [1.807, 2.05) is 25.1 Å². The molecule has 1 aromatic heterocycles. The van der Waals surface area contributed by atoms with E-state index in [-0.39, 0.29) is 17.6 Å². The van der Waals surface area contributed by atoms with Crippen LogP contribution in [0.2, 0.25) is 0 Å². The molecule has 0 saturated carbocycles. The number of H-pyrrole nitrogens is 1. The van der Waals surface area contributed by atoms with Gasteiger partial charge in [0.05, 0.1) is 16.9 Å². The van der Waals surface area contributed by atoms with Crippen molar-refractivity contribution in [2.45, 2.75) is 39.8 Å². The predicted molar refractivity (Wildman–Crippen MR) is 98.2 cm³/mol. The Balaban J connectivity index is 1.88. The molecule has 2 aromatic carbocycles. The fourth-order valence-electron chi connectivity index (χ4n) is 3.08. The number of aryl methyl sites for hydroxylation is 2. The zero-order valence-electron chi connectivity index (χ0n) is 14.6. The summed E-state index contributed by atoms with van der Waals surface area (Å²) in [5, 5.41) is 4.16. The Kier molecular flexibility index (Phi) is 4.49. The first kappa shape index (κ1) is 16.4. The van der Waals surface area contributed by atoms with Gasteiger partial charge in [-0.15, -0.1) is 0 Å². The lowest BCUT2D eigenvalue weighted by atomic mass is 9.99. The molecule has 0 amide bonds. The molecule has 24 heavy (non-hydrogen) atoms. The Morgan fingerprint density at radius 2 is 1.79 bits per heavy atom. The Morgan fingerprint density at radius 3 is 2.58 bits per heavy atom. The van der Waals surface area contributed by atoms with Gasteiger partial charge in [-0.3, -0.25) is 4.79 Å². The SMILES string of the molecule is Cc1ccc(C)c([C@H](C)N[C@H](C)c2nc3ccccc3c(=O)[nH]2)c1. The topological polar surface area (TPSA) is 57.8 Å². The van der Waals surface area contributed by atoms with E-state index in [0.717, 1.165) is 5.52 Å². The van der Waals surface area contributed by atoms with Crippen LogP contribution in [0.15, 0.2) is 47.3 Å². The molecule has 0 aliphatic rings. The van der Waals surface area contributed by atoms with Crippen LogP contribution in [0.3, 0.4) is 0 Å². The summed E-state index contributed by atoms with van der Waals surface area (Å²) in [5.74, 6) is 0.663. The highest BCUT2D eigenvalue weighted by Crippen LogP contribution is 2.22. The van der Waals surface area contributed by atoms with E-state index >= 15 is 0 Å². The molecule has 0 aliphatic heterocycles. The molecule has 0 aliphatic carbocycles. The van der Waals surface area contributed by atoms with Crippen LogP contribution in [0.4, 0.5) is 0 Å². The molecule has 4 nitrogen and oxygen atoms in total. The highest BCUT2D eigenvalue weighted by molar-refractivity contribution is 5.77. The first-order valence-electron chi connectivity index (χ1n) is 8.28. The summed E-state index contributed by atoms with van der Waals surface area (Å²) in [6.45, 7) is 8.38. The van der Waals surface area contributed by atoms with Crippen molar-refractivity contribution in [1.29, 1.82) is 0 Å². The van der Waals surface area contributed by atoms with Crippen molar-refractivity contribution in [1.82, 2.24) is 15.3 Å². The van der Waals surface area contributed by atoms with Gasteiger partial charge in [-0.25, -0.2) is 4.98 Å². The smallest absolute Gasteiger partial charge is 0.258 e. The lowest BCUT2D eigenvalue weighted by molar-refractivity contribution is 0.475. The van der Waals surface area contributed by atoms with Gasteiger partial charge in [0.15, 0.2) is 0 Å². The minimum atomic E-state index is -0.0939. The molecule has 2 atom stereocenters. The summed E-state index contributed by atoms with van der Waals surface area (Å²) in [6.07, 6.45) is 0. The van der Waals surface area contributed by atoms with Gasteiger partial charge in [-0.05, 0) is 51.0 Å². The molecule has 0 bridgehead atoms. The maximum Gasteiger partial charge on any atom is 0.258 e. The number of benzene rings is 2. The van der Waals surface area contributed by atoms with Crippen molar-refractivity contribution in [2.75, 3.05) is 0 Å². The summed E-state index contributed by atoms with van der Waals surface area (Å²) in [4.78, 5) is 19.7. The van der Waals surface area contributed by atoms with E-state index in [4.69, 9.17) is 0 Å². The molecule has 0 saturated heterocycles. The molecule has 0 unspecified atom stereocenters. The van der Waals surface area contributed by atoms with Crippen molar-refractivity contribution < 1.29 is 0 Å². The highest BCUT2D eigenvalue weighted by Gasteiger charge is 2.15. The predicted octanol–water partition coefficient (Wildman–Crippen LogP) is 3.95. The van der Waals surface area contributed by atoms with E-state index in [1.165, 1.54) is 16.7 Å². The molecule has 0 radical (unpaired) electrons. The molecule has 0 spiro atoms. The summed E-state index contributed by atoms with van der Waals surface area (Å²) in [6, 6.07) is 14.0. The number of hydrogen-bond acceptors (Lipinski definition) is 3. The van der Waals surface area contributed by atoms with Crippen molar-refractivity contribution in [2.24, 2.45) is 0 Å². The van der Waals surface area contributed by atoms with Crippen LogP contribution in [-0.4, -0.2) is 9.97 Å². The van der Waals surface area contributed by atoms with Crippen LogP contribution in [0.5, 0.6) is 0 Å². The van der Waals surface area contributed by atoms with Crippen molar-refractivity contribution in [3.8, 4) is 0 Å². The Hall–Kier alpha value is -2.46. The zero-order chi connectivity index (χ0) is 17.3. The number of aromatic nitrogens is 2. The molecular formula is C20H23N3O. The molecule has 3 rings (SSSR count). The standard InChI is InChI=1S/C20H23N3O/c1-12-9-10-13(2)17(11-12)14(3)21-15(4)19-22-18-8-6-5-7-16(18)20(24)23-19/h5-11,14-15,21H,1-4H3,(H,22,23,24)/t14-,15+/m0/s1. The number of aromatic amines is 1. The summed E-state index contributed by atoms with van der Waals surface area (Å²) < 4.78 is 0. The van der Waals surface area contributed by atoms with Gasteiger partial charge in [-0.1, -0.05) is 35.9 Å². The number of nitrogens with one attached hydrogen (secondary N) is 2. The van der Waals surface area contributed by atoms with E-state index in [1.54, 1.807) is 6.07 Å². The maximum atomic E-state index is 12.2. The first-order chi connectivity index (χ1) is 11.5. The second-order valence-electron chi connectivity index (χ2n) is 6.44. The average molecular weight is 321 g/mol. The Bertz CT molecular complexity index is 930. The van der Waals surface area contributed by atoms with Crippen LogP contribution in [-0.2, 0) is 0 Å². The minimum Gasteiger partial charge on any atom is -0.309 e. The van der Waals surface area contributed by atoms with Gasteiger partial charge in [0.1, 0.15) is 5.82 Å². The van der Waals surface area contributed by atoms with Crippen LogP contribution in [0.1, 0.15) is 48.4 Å². The van der Waals surface area contributed by atoms with Gasteiger partial charge in [-0.2, -0.15) is 0 Å². The lowest BCUT2D eigenvalue weighted by Crippen LogP contribution is -2.26. The van der Waals surface area contributed by atoms with Gasteiger partial charge >= 0.3 is 0 Å². The molecular weight excluding hydrogens is 298 g/mol. The third-order valence-corrected chi connectivity index (χ3v) is 4.44. The number of hydrogen-bond donors (Lipinski definition) is 2. The number of fused-ring (bicyclic) bond motifs is 1. The third-order valence-electron chi connectivity index (χ3n) is 4.44. The molecule has 124 valence electrons. The second kappa shape index (κ2) is 6.57. The quantitative estimate of drug-likeness (QED) is 0.765. The van der Waals surface area contributed by atoms with Crippen molar-refractivity contribution in [3.05, 3.63) is 75.3 Å². The van der Waals surface area contributed by atoms with Gasteiger partial charge in [0.2, 0.25) is 0 Å². The van der Waals surface area contributed by atoms with E-state index in [0.29, 0.717) is 11.2 Å². The number of nitrogens with zero attached hydrogens (tertiary/aromatic N) is 1. The summed E-state index contributed by atoms with van der Waals surface area (Å²) in [5.41, 5.74) is 4.40. The van der Waals surface area contributed by atoms with E-state index < -0.39 is 0 Å². The third kappa shape index (κ3) is 3.24. The summed E-state index contributed by atoms with van der Waals surface area (Å²) >= 11 is 0. The minimum absolute atomic E-state index is 0.0581. The second-order valence-corrected chi connectivity index (χ2v) is 6.44. The monoisotopic (exact) mass is 321 g/mol. The van der Waals surface area contributed by atoms with E-state index in [9.17, 15) is 4.79 Å². The van der Waals surface area contributed by atoms with E-state index in [2.05, 4.69) is 54.3 Å². The molecule has 3 aromatic rings. The van der Waals surface area contributed by atoms with Crippen LogP contribution >= 0.6 is 0 Å². The first-order valence-corrected chi connectivity index (χ1v) is 8.28. The highest BCUT2D eigenvalue weighted by atomic mass is 16.1. The zero-order valence-corrected chi connectivity index (χ0v) is 14.6. The number of rotatable bonds is 4. The normalized spacial score (nSPS) is 13.8. The van der Waals surface area contributed by atoms with Gasteiger partial charge < -0.3 is 10.3 Å². The fraction of sp³-hybridized carbons (Fsp3) is 0.300. The van der Waals surface area contributed by atoms with Crippen molar-refractivity contribution in [3.63, 3.8) is 0 Å². The van der Waals surface area contributed by atoms with Crippen molar-refractivity contribution >= 4 is 10.9 Å². The maximum absolute atomic E-state index is 12.2. The number of para-hydroxylation sites is 1. The molecule has 4 heteroatoms. The van der Waals surface area contributed by atoms with Gasteiger partial charge in [0, 0.05) is 6.04 Å². The van der Waals surface area contributed by atoms with Crippen LogP contribution in [0, 0.1) is 13.8 Å². The van der Waals surface area contributed by atoms with Crippen LogP contribution in [0.25, 0.3) is 10.9 Å². The molecule has 1 heterocycles.